The van der Waals surface area contributed by atoms with Crippen LogP contribution in [0.25, 0.3) is 10.8 Å². The summed E-state index contributed by atoms with van der Waals surface area (Å²) < 4.78 is 1.02. The Morgan fingerprint density at radius 3 is 2.71 bits per heavy atom. The summed E-state index contributed by atoms with van der Waals surface area (Å²) in [5, 5.41) is 2.26. The Labute approximate surface area is 135 Å². The summed E-state index contributed by atoms with van der Waals surface area (Å²) in [5.41, 5.74) is 0.922. The summed E-state index contributed by atoms with van der Waals surface area (Å²) in [6.07, 6.45) is 0.425. The summed E-state index contributed by atoms with van der Waals surface area (Å²) in [4.78, 5) is 25.3. The lowest BCUT2D eigenvalue weighted by Gasteiger charge is -2.19. The molecule has 1 aliphatic heterocycles. The number of amides is 1. The summed E-state index contributed by atoms with van der Waals surface area (Å²) >= 11 is 4.81. The first-order valence-corrected chi connectivity index (χ1v) is 8.38. The largest absolute Gasteiger partial charge is 0.311 e. The molecule has 1 amide bonds. The lowest BCUT2D eigenvalue weighted by atomic mass is 10.1. The summed E-state index contributed by atoms with van der Waals surface area (Å²) in [6, 6.07) is 11.9. The van der Waals surface area contributed by atoms with Crippen LogP contribution in [0, 0.1) is 0 Å². The van der Waals surface area contributed by atoms with Crippen molar-refractivity contribution in [2.24, 2.45) is 0 Å². The number of carbonyl (C=O) groups excluding carboxylic acids is 2. The third-order valence-electron chi connectivity index (χ3n) is 3.56. The van der Waals surface area contributed by atoms with E-state index in [4.69, 9.17) is 0 Å². The number of hydrogen-bond acceptors (Lipinski definition) is 3. The van der Waals surface area contributed by atoms with E-state index in [1.54, 1.807) is 11.8 Å². The van der Waals surface area contributed by atoms with E-state index in [1.165, 1.54) is 11.8 Å². The molecule has 0 aromatic heterocycles. The zero-order valence-corrected chi connectivity index (χ0v) is 13.9. The van der Waals surface area contributed by atoms with E-state index in [1.807, 2.05) is 36.4 Å². The molecule has 1 aliphatic rings. The van der Waals surface area contributed by atoms with Gasteiger partial charge in [0.25, 0.3) is 0 Å². The molecule has 2 aromatic carbocycles. The molecular formula is C16H14BrNO2S. The fourth-order valence-corrected chi connectivity index (χ4v) is 4.13. The van der Waals surface area contributed by atoms with Gasteiger partial charge in [0.2, 0.25) is 5.91 Å². The molecule has 1 heterocycles. The molecular weight excluding hydrogens is 350 g/mol. The monoisotopic (exact) mass is 363 g/mol. The first-order chi connectivity index (χ1) is 10.1. The van der Waals surface area contributed by atoms with Gasteiger partial charge in [-0.3, -0.25) is 9.59 Å². The molecule has 2 aromatic rings. The van der Waals surface area contributed by atoms with Gasteiger partial charge in [0.1, 0.15) is 0 Å². The van der Waals surface area contributed by atoms with Crippen molar-refractivity contribution in [3.8, 4) is 0 Å². The van der Waals surface area contributed by atoms with Gasteiger partial charge < -0.3 is 4.90 Å². The first-order valence-electron chi connectivity index (χ1n) is 6.71. The Kier molecular flexibility index (Phi) is 4.04. The van der Waals surface area contributed by atoms with Crippen LogP contribution in [-0.2, 0) is 9.59 Å². The van der Waals surface area contributed by atoms with Crippen LogP contribution in [0.5, 0.6) is 0 Å². The molecule has 5 heteroatoms. The molecule has 0 spiro atoms. The van der Waals surface area contributed by atoms with Gasteiger partial charge in [0.15, 0.2) is 5.12 Å². The number of nitrogens with zero attached hydrogens (tertiary/aromatic N) is 1. The van der Waals surface area contributed by atoms with Crippen molar-refractivity contribution in [3.63, 3.8) is 0 Å². The minimum Gasteiger partial charge on any atom is -0.311 e. The van der Waals surface area contributed by atoms with Gasteiger partial charge in [0.05, 0.1) is 5.69 Å². The molecule has 108 valence electrons. The number of carbonyl (C=O) groups is 2. The van der Waals surface area contributed by atoms with Crippen LogP contribution in [0.3, 0.4) is 0 Å². The Morgan fingerprint density at radius 2 is 1.95 bits per heavy atom. The fourth-order valence-electron chi connectivity index (χ4n) is 2.71. The van der Waals surface area contributed by atoms with E-state index < -0.39 is 0 Å². The third-order valence-corrected chi connectivity index (χ3v) is 5.23. The minimum atomic E-state index is 0.0532. The van der Waals surface area contributed by atoms with E-state index in [2.05, 4.69) is 15.9 Å². The van der Waals surface area contributed by atoms with Crippen molar-refractivity contribution >= 4 is 55.2 Å². The van der Waals surface area contributed by atoms with Crippen LogP contribution < -0.4 is 4.90 Å². The molecule has 0 N–H and O–H groups in total. The van der Waals surface area contributed by atoms with E-state index in [0.717, 1.165) is 20.9 Å². The Hall–Kier alpha value is -1.33. The molecule has 3 nitrogen and oxygen atoms in total. The molecule has 1 atom stereocenters. The van der Waals surface area contributed by atoms with E-state index in [-0.39, 0.29) is 16.3 Å². The molecule has 0 bridgehead atoms. The van der Waals surface area contributed by atoms with E-state index >= 15 is 0 Å². The Morgan fingerprint density at radius 1 is 1.24 bits per heavy atom. The lowest BCUT2D eigenvalue weighted by Crippen LogP contribution is -2.25. The van der Waals surface area contributed by atoms with Gasteiger partial charge in [0, 0.05) is 35.0 Å². The van der Waals surface area contributed by atoms with Crippen LogP contribution in [0.2, 0.25) is 0 Å². The number of hydrogen-bond donors (Lipinski definition) is 0. The van der Waals surface area contributed by atoms with Crippen molar-refractivity contribution in [1.29, 1.82) is 0 Å². The second-order valence-corrected chi connectivity index (χ2v) is 7.38. The minimum absolute atomic E-state index is 0.0532. The highest BCUT2D eigenvalue weighted by molar-refractivity contribution is 9.10. The van der Waals surface area contributed by atoms with Crippen molar-refractivity contribution < 1.29 is 9.59 Å². The highest BCUT2D eigenvalue weighted by atomic mass is 79.9. The summed E-state index contributed by atoms with van der Waals surface area (Å²) in [7, 11) is 0. The molecule has 3 rings (SSSR count). The van der Waals surface area contributed by atoms with Gasteiger partial charge in [-0.15, -0.1) is 0 Å². The van der Waals surface area contributed by atoms with Gasteiger partial charge in [-0.1, -0.05) is 52.0 Å². The second kappa shape index (κ2) is 5.81. The maximum atomic E-state index is 12.3. The highest BCUT2D eigenvalue weighted by Crippen LogP contribution is 2.35. The Bertz CT molecular complexity index is 731. The fraction of sp³-hybridized carbons (Fsp3) is 0.250. The average Bonchev–Trinajstić information content (AvgIpc) is 2.78. The molecule has 21 heavy (non-hydrogen) atoms. The second-order valence-electron chi connectivity index (χ2n) is 5.05. The van der Waals surface area contributed by atoms with Crippen LogP contribution in [0.4, 0.5) is 5.69 Å². The third kappa shape index (κ3) is 2.85. The number of rotatable bonds is 2. The maximum Gasteiger partial charge on any atom is 0.228 e. The zero-order chi connectivity index (χ0) is 15.0. The van der Waals surface area contributed by atoms with E-state index in [0.29, 0.717) is 13.0 Å². The van der Waals surface area contributed by atoms with Crippen LogP contribution in [-0.4, -0.2) is 22.8 Å². The lowest BCUT2D eigenvalue weighted by molar-refractivity contribution is -0.117. The first kappa shape index (κ1) is 14.6. The molecule has 1 fully saturated rings. The normalized spacial score (nSPS) is 18.5. The molecule has 0 aliphatic carbocycles. The number of benzene rings is 2. The predicted octanol–water partition coefficient (Wildman–Crippen LogP) is 3.99. The topological polar surface area (TPSA) is 37.4 Å². The number of halogens is 1. The molecule has 1 unspecified atom stereocenters. The van der Waals surface area contributed by atoms with Gasteiger partial charge >= 0.3 is 0 Å². The van der Waals surface area contributed by atoms with Crippen molar-refractivity contribution in [1.82, 2.24) is 0 Å². The smallest absolute Gasteiger partial charge is 0.228 e. The molecule has 0 radical (unpaired) electrons. The summed E-state index contributed by atoms with van der Waals surface area (Å²) in [6.45, 7) is 2.14. The SMILES string of the molecule is CC(=O)SC1CC(=O)N(c2cccc3c(Br)cccc23)C1. The predicted molar refractivity (Wildman–Crippen MR) is 90.7 cm³/mol. The Balaban J connectivity index is 1.99. The summed E-state index contributed by atoms with van der Waals surface area (Å²) in [5.74, 6) is 0.0845. The van der Waals surface area contributed by atoms with Crippen molar-refractivity contribution in [2.45, 2.75) is 18.6 Å². The van der Waals surface area contributed by atoms with E-state index in [9.17, 15) is 9.59 Å². The maximum absolute atomic E-state index is 12.3. The zero-order valence-electron chi connectivity index (χ0n) is 11.5. The number of fused-ring (bicyclic) bond motifs is 1. The standard InChI is InChI=1S/C16H14BrNO2S/c1-10(19)21-11-8-16(20)18(9-11)15-7-3-4-12-13(15)5-2-6-14(12)17/h2-7,11H,8-9H2,1H3. The van der Waals surface area contributed by atoms with Crippen molar-refractivity contribution in [2.75, 3.05) is 11.4 Å². The number of thioether (sulfide) groups is 1. The van der Waals surface area contributed by atoms with Gasteiger partial charge in [-0.05, 0) is 17.5 Å². The van der Waals surface area contributed by atoms with Crippen LogP contribution in [0.1, 0.15) is 13.3 Å². The number of anilines is 1. The van der Waals surface area contributed by atoms with Crippen LogP contribution in [0.15, 0.2) is 40.9 Å². The molecule has 0 saturated carbocycles. The highest BCUT2D eigenvalue weighted by Gasteiger charge is 2.32. The molecule has 1 saturated heterocycles. The van der Waals surface area contributed by atoms with Gasteiger partial charge in [-0.2, -0.15) is 0 Å². The quantitative estimate of drug-likeness (QED) is 0.809. The average molecular weight is 364 g/mol. The van der Waals surface area contributed by atoms with Crippen molar-refractivity contribution in [3.05, 3.63) is 40.9 Å². The van der Waals surface area contributed by atoms with Gasteiger partial charge in [-0.25, -0.2) is 0 Å². The van der Waals surface area contributed by atoms with Crippen LogP contribution >= 0.6 is 27.7 Å².